The Morgan fingerprint density at radius 2 is 1.97 bits per heavy atom. The van der Waals surface area contributed by atoms with Crippen LogP contribution in [0.25, 0.3) is 16.8 Å². The van der Waals surface area contributed by atoms with E-state index >= 15 is 0 Å². The zero-order chi connectivity index (χ0) is 21.6. The van der Waals surface area contributed by atoms with Gasteiger partial charge in [0, 0.05) is 55.2 Å². The third kappa shape index (κ3) is 3.52. The Morgan fingerprint density at radius 3 is 2.53 bits per heavy atom. The van der Waals surface area contributed by atoms with Crippen molar-refractivity contribution >= 4 is 11.5 Å². The summed E-state index contributed by atoms with van der Waals surface area (Å²) in [7, 11) is 6.26. The van der Waals surface area contributed by atoms with Gasteiger partial charge in [0.15, 0.2) is 0 Å². The van der Waals surface area contributed by atoms with Gasteiger partial charge in [0.2, 0.25) is 0 Å². The Bertz CT molecular complexity index is 1070. The summed E-state index contributed by atoms with van der Waals surface area (Å²) in [6.07, 6.45) is 8.00. The first-order chi connectivity index (χ1) is 14.3. The van der Waals surface area contributed by atoms with Crippen molar-refractivity contribution in [2.24, 2.45) is 7.05 Å². The molecule has 0 radical (unpaired) electrons. The second-order valence-corrected chi connectivity index (χ2v) is 8.69. The molecule has 1 aliphatic heterocycles. The van der Waals surface area contributed by atoms with Gasteiger partial charge in [-0.2, -0.15) is 0 Å². The Hall–Kier alpha value is -2.64. The van der Waals surface area contributed by atoms with Gasteiger partial charge >= 0.3 is 5.97 Å². The average molecular weight is 410 g/mol. The van der Waals surface area contributed by atoms with E-state index in [2.05, 4.69) is 52.5 Å². The van der Waals surface area contributed by atoms with Crippen molar-refractivity contribution in [2.75, 3.05) is 27.2 Å². The lowest BCUT2D eigenvalue weighted by atomic mass is 9.98. The molecule has 7 heteroatoms. The maximum Gasteiger partial charge on any atom is 0.336 e. The standard InChI is InChI=1S/C23H31N5O2/c1-15-20(23(29)30)11-19-10-17(21-12-24-14-26(21)5)13-28(19)22(15)16(2)27-8-6-18(7-9-27)25(3)4/h10-14,16,18H,6-9H2,1-5H3,(H,29,30). The number of nitrogens with zero attached hydrogens (tertiary/aromatic N) is 5. The third-order valence-electron chi connectivity index (χ3n) is 6.71. The maximum absolute atomic E-state index is 12.0. The second kappa shape index (κ2) is 7.89. The van der Waals surface area contributed by atoms with Crippen molar-refractivity contribution in [1.82, 2.24) is 23.8 Å². The minimum absolute atomic E-state index is 0.127. The van der Waals surface area contributed by atoms with Gasteiger partial charge in [0.05, 0.1) is 23.8 Å². The van der Waals surface area contributed by atoms with Crippen molar-refractivity contribution in [2.45, 2.75) is 38.8 Å². The summed E-state index contributed by atoms with van der Waals surface area (Å²) >= 11 is 0. The van der Waals surface area contributed by atoms with Gasteiger partial charge in [-0.05, 0) is 58.5 Å². The number of piperidine rings is 1. The molecule has 0 amide bonds. The van der Waals surface area contributed by atoms with Crippen molar-refractivity contribution in [3.8, 4) is 11.3 Å². The number of aromatic carboxylic acids is 1. The Balaban J connectivity index is 1.79. The first kappa shape index (κ1) is 20.6. The molecule has 1 aliphatic rings. The highest BCUT2D eigenvalue weighted by molar-refractivity contribution is 5.91. The minimum Gasteiger partial charge on any atom is -0.478 e. The van der Waals surface area contributed by atoms with E-state index in [0.29, 0.717) is 11.6 Å². The van der Waals surface area contributed by atoms with E-state index in [1.807, 2.05) is 24.7 Å². The lowest BCUT2D eigenvalue weighted by molar-refractivity contribution is 0.0695. The van der Waals surface area contributed by atoms with E-state index in [-0.39, 0.29) is 6.04 Å². The molecule has 1 N–H and O–H groups in total. The minimum atomic E-state index is -0.877. The molecule has 0 spiro atoms. The molecule has 0 aliphatic carbocycles. The van der Waals surface area contributed by atoms with Crippen LogP contribution in [0.1, 0.15) is 47.4 Å². The summed E-state index contributed by atoms with van der Waals surface area (Å²) in [6, 6.07) is 4.58. The number of aryl methyl sites for hydroxylation is 1. The summed E-state index contributed by atoms with van der Waals surface area (Å²) < 4.78 is 4.15. The largest absolute Gasteiger partial charge is 0.478 e. The highest BCUT2D eigenvalue weighted by Gasteiger charge is 2.28. The van der Waals surface area contributed by atoms with Gasteiger partial charge in [-0.15, -0.1) is 0 Å². The summed E-state index contributed by atoms with van der Waals surface area (Å²) in [5.74, 6) is -0.877. The molecule has 1 unspecified atom stereocenters. The molecule has 1 fully saturated rings. The van der Waals surface area contributed by atoms with E-state index in [1.54, 1.807) is 12.4 Å². The van der Waals surface area contributed by atoms with Crippen molar-refractivity contribution < 1.29 is 9.90 Å². The monoisotopic (exact) mass is 409 g/mol. The number of hydrogen-bond donors (Lipinski definition) is 1. The fraction of sp³-hybridized carbons (Fsp3) is 0.478. The van der Waals surface area contributed by atoms with E-state index < -0.39 is 5.97 Å². The van der Waals surface area contributed by atoms with E-state index in [4.69, 9.17) is 0 Å². The predicted molar refractivity (Wildman–Crippen MR) is 118 cm³/mol. The molecule has 30 heavy (non-hydrogen) atoms. The van der Waals surface area contributed by atoms with Crippen LogP contribution >= 0.6 is 0 Å². The molecule has 1 atom stereocenters. The quantitative estimate of drug-likeness (QED) is 0.699. The van der Waals surface area contributed by atoms with Crippen LogP contribution in [0.3, 0.4) is 0 Å². The third-order valence-corrected chi connectivity index (χ3v) is 6.71. The van der Waals surface area contributed by atoms with Crippen LogP contribution in [-0.4, -0.2) is 68.1 Å². The topological polar surface area (TPSA) is 66.0 Å². The van der Waals surface area contributed by atoms with Crippen LogP contribution in [0.4, 0.5) is 0 Å². The van der Waals surface area contributed by atoms with Gasteiger partial charge < -0.3 is 19.0 Å². The summed E-state index contributed by atoms with van der Waals surface area (Å²) in [4.78, 5) is 21.0. The summed E-state index contributed by atoms with van der Waals surface area (Å²) in [6.45, 7) is 6.16. The smallest absolute Gasteiger partial charge is 0.336 e. The van der Waals surface area contributed by atoms with Gasteiger partial charge in [-0.1, -0.05) is 0 Å². The summed E-state index contributed by atoms with van der Waals surface area (Å²) in [5.41, 5.74) is 5.22. The average Bonchev–Trinajstić information content (AvgIpc) is 3.32. The van der Waals surface area contributed by atoms with Gasteiger partial charge in [0.1, 0.15) is 0 Å². The van der Waals surface area contributed by atoms with Crippen LogP contribution in [0.5, 0.6) is 0 Å². The maximum atomic E-state index is 12.0. The predicted octanol–water partition coefficient (Wildman–Crippen LogP) is 3.43. The normalized spacial score (nSPS) is 17.1. The highest BCUT2D eigenvalue weighted by atomic mass is 16.4. The second-order valence-electron chi connectivity index (χ2n) is 8.69. The number of carboxylic acid groups (broad SMARTS) is 1. The lowest BCUT2D eigenvalue weighted by Gasteiger charge is -2.39. The van der Waals surface area contributed by atoms with Crippen LogP contribution in [0.15, 0.2) is 30.9 Å². The number of imidazole rings is 1. The SMILES string of the molecule is Cc1c(C(=O)O)cc2cc(-c3cncn3C)cn2c1C(C)N1CCC(N(C)C)CC1. The molecule has 7 nitrogen and oxygen atoms in total. The zero-order valence-corrected chi connectivity index (χ0v) is 18.5. The Kier molecular flexibility index (Phi) is 5.42. The number of carboxylic acids is 1. The Morgan fingerprint density at radius 1 is 1.27 bits per heavy atom. The lowest BCUT2D eigenvalue weighted by Crippen LogP contribution is -2.43. The number of pyridine rings is 1. The van der Waals surface area contributed by atoms with E-state index in [0.717, 1.165) is 54.0 Å². The van der Waals surface area contributed by atoms with Crippen LogP contribution < -0.4 is 0 Å². The first-order valence-electron chi connectivity index (χ1n) is 10.5. The summed E-state index contributed by atoms with van der Waals surface area (Å²) in [5, 5.41) is 9.83. The molecule has 1 saturated heterocycles. The molecular formula is C23H31N5O2. The molecule has 3 aromatic heterocycles. The Labute approximate surface area is 177 Å². The number of hydrogen-bond acceptors (Lipinski definition) is 4. The van der Waals surface area contributed by atoms with Gasteiger partial charge in [-0.3, -0.25) is 4.90 Å². The fourth-order valence-corrected chi connectivity index (χ4v) is 4.85. The van der Waals surface area contributed by atoms with Crippen molar-refractivity contribution in [3.05, 3.63) is 47.7 Å². The molecule has 0 bridgehead atoms. The number of likely N-dealkylation sites (tertiary alicyclic amines) is 1. The molecule has 3 aromatic rings. The van der Waals surface area contributed by atoms with Gasteiger partial charge in [0.25, 0.3) is 0 Å². The number of carbonyl (C=O) groups is 1. The van der Waals surface area contributed by atoms with Crippen molar-refractivity contribution in [1.29, 1.82) is 0 Å². The molecular weight excluding hydrogens is 378 g/mol. The first-order valence-corrected chi connectivity index (χ1v) is 10.5. The van der Waals surface area contributed by atoms with Crippen LogP contribution in [0.2, 0.25) is 0 Å². The molecule has 160 valence electrons. The van der Waals surface area contributed by atoms with Crippen LogP contribution in [0, 0.1) is 6.92 Å². The van der Waals surface area contributed by atoms with Gasteiger partial charge in [-0.25, -0.2) is 9.78 Å². The van der Waals surface area contributed by atoms with Crippen LogP contribution in [-0.2, 0) is 7.05 Å². The molecule has 4 rings (SSSR count). The molecule has 4 heterocycles. The fourth-order valence-electron chi connectivity index (χ4n) is 4.85. The number of rotatable bonds is 5. The number of aromatic nitrogens is 3. The number of fused-ring (bicyclic) bond motifs is 1. The van der Waals surface area contributed by atoms with Crippen molar-refractivity contribution in [3.63, 3.8) is 0 Å². The molecule has 0 saturated carbocycles. The van der Waals surface area contributed by atoms with E-state index in [9.17, 15) is 9.90 Å². The zero-order valence-electron chi connectivity index (χ0n) is 18.5. The molecule has 0 aromatic carbocycles. The van der Waals surface area contributed by atoms with E-state index in [1.165, 1.54) is 0 Å². The highest BCUT2D eigenvalue weighted by Crippen LogP contribution is 2.33.